The fourth-order valence-electron chi connectivity index (χ4n) is 1.47. The number of aromatic nitrogens is 1. The second-order valence-electron chi connectivity index (χ2n) is 4.38. The van der Waals surface area contributed by atoms with Gasteiger partial charge in [0.15, 0.2) is 0 Å². The Labute approximate surface area is 102 Å². The van der Waals surface area contributed by atoms with Crippen molar-refractivity contribution in [2.75, 3.05) is 13.7 Å². The van der Waals surface area contributed by atoms with Crippen molar-refractivity contribution in [1.29, 1.82) is 0 Å². The maximum absolute atomic E-state index is 5.04. The van der Waals surface area contributed by atoms with Crippen LogP contribution in [0, 0.1) is 5.92 Å². The molecular weight excluding hydrogens is 220 g/mol. The third kappa shape index (κ3) is 5.58. The number of rotatable bonds is 8. The van der Waals surface area contributed by atoms with E-state index in [1.165, 1.54) is 12.8 Å². The van der Waals surface area contributed by atoms with Crippen LogP contribution in [0.5, 0.6) is 0 Å². The van der Waals surface area contributed by atoms with Gasteiger partial charge in [-0.05, 0) is 25.3 Å². The fraction of sp³-hybridized carbons (Fsp3) is 0.750. The minimum atomic E-state index is 0.623. The van der Waals surface area contributed by atoms with Crippen molar-refractivity contribution in [1.82, 2.24) is 10.3 Å². The predicted molar refractivity (Wildman–Crippen MR) is 68.6 cm³/mol. The Morgan fingerprint density at radius 3 is 3.00 bits per heavy atom. The van der Waals surface area contributed by atoms with E-state index >= 15 is 0 Å². The molecule has 0 unspecified atom stereocenters. The van der Waals surface area contributed by atoms with Gasteiger partial charge in [-0.15, -0.1) is 11.3 Å². The van der Waals surface area contributed by atoms with Gasteiger partial charge in [0.05, 0.1) is 12.3 Å². The van der Waals surface area contributed by atoms with Gasteiger partial charge in [-0.3, -0.25) is 0 Å². The van der Waals surface area contributed by atoms with Gasteiger partial charge in [0.25, 0.3) is 0 Å². The molecule has 3 nitrogen and oxygen atoms in total. The molecular formula is C12H22N2OS. The number of nitrogens with one attached hydrogen (secondary N) is 1. The maximum Gasteiger partial charge on any atom is 0.119 e. The number of methoxy groups -OCH3 is 1. The van der Waals surface area contributed by atoms with E-state index in [0.717, 1.165) is 29.7 Å². The maximum atomic E-state index is 5.04. The quantitative estimate of drug-likeness (QED) is 0.712. The zero-order valence-electron chi connectivity index (χ0n) is 10.5. The number of hydrogen-bond donors (Lipinski definition) is 1. The fourth-order valence-corrected chi connectivity index (χ4v) is 2.24. The summed E-state index contributed by atoms with van der Waals surface area (Å²) < 4.78 is 5.04. The second kappa shape index (κ2) is 7.76. The van der Waals surface area contributed by atoms with Crippen LogP contribution >= 0.6 is 11.3 Å². The smallest absolute Gasteiger partial charge is 0.119 e. The molecule has 0 aliphatic heterocycles. The van der Waals surface area contributed by atoms with Crippen molar-refractivity contribution in [2.45, 2.75) is 39.8 Å². The normalized spacial score (nSPS) is 11.2. The van der Waals surface area contributed by atoms with Gasteiger partial charge in [0.1, 0.15) is 5.01 Å². The Hall–Kier alpha value is -0.450. The van der Waals surface area contributed by atoms with Gasteiger partial charge >= 0.3 is 0 Å². The van der Waals surface area contributed by atoms with E-state index < -0.39 is 0 Å². The molecule has 0 atom stereocenters. The van der Waals surface area contributed by atoms with Crippen LogP contribution in [0.4, 0.5) is 0 Å². The van der Waals surface area contributed by atoms with E-state index in [4.69, 9.17) is 4.74 Å². The molecule has 0 radical (unpaired) electrons. The van der Waals surface area contributed by atoms with Crippen molar-refractivity contribution in [3.05, 3.63) is 16.1 Å². The van der Waals surface area contributed by atoms with Crippen molar-refractivity contribution in [3.8, 4) is 0 Å². The molecule has 1 aromatic heterocycles. The van der Waals surface area contributed by atoms with Crippen LogP contribution in [-0.4, -0.2) is 18.6 Å². The highest BCUT2D eigenvalue weighted by molar-refractivity contribution is 7.09. The Kier molecular flexibility index (Phi) is 6.61. The third-order valence-electron chi connectivity index (χ3n) is 2.31. The Morgan fingerprint density at radius 2 is 2.31 bits per heavy atom. The van der Waals surface area contributed by atoms with Crippen LogP contribution < -0.4 is 5.32 Å². The summed E-state index contributed by atoms with van der Waals surface area (Å²) >= 11 is 1.67. The van der Waals surface area contributed by atoms with Crippen molar-refractivity contribution >= 4 is 11.3 Å². The Bertz CT molecular complexity index is 286. The number of hydrogen-bond acceptors (Lipinski definition) is 4. The molecule has 1 rings (SSSR count). The lowest BCUT2D eigenvalue weighted by atomic mass is 10.1. The summed E-state index contributed by atoms with van der Waals surface area (Å²) in [5, 5.41) is 6.57. The average Bonchev–Trinajstić information content (AvgIpc) is 2.65. The van der Waals surface area contributed by atoms with Crippen LogP contribution in [0.1, 0.15) is 37.4 Å². The van der Waals surface area contributed by atoms with Crippen LogP contribution in [-0.2, 0) is 17.9 Å². The summed E-state index contributed by atoms with van der Waals surface area (Å²) in [5.41, 5.74) is 1.13. The molecule has 0 saturated carbocycles. The lowest BCUT2D eigenvalue weighted by molar-refractivity contribution is 0.184. The molecule has 0 aliphatic rings. The zero-order valence-corrected chi connectivity index (χ0v) is 11.3. The summed E-state index contributed by atoms with van der Waals surface area (Å²) in [4.78, 5) is 4.46. The van der Waals surface area contributed by atoms with Crippen molar-refractivity contribution < 1.29 is 4.74 Å². The van der Waals surface area contributed by atoms with E-state index in [1.54, 1.807) is 18.4 Å². The molecule has 92 valence electrons. The highest BCUT2D eigenvalue weighted by atomic mass is 32.1. The summed E-state index contributed by atoms with van der Waals surface area (Å²) in [5.74, 6) is 0.800. The van der Waals surface area contributed by atoms with E-state index in [0.29, 0.717) is 6.61 Å². The van der Waals surface area contributed by atoms with Gasteiger partial charge in [-0.25, -0.2) is 4.98 Å². The van der Waals surface area contributed by atoms with Crippen LogP contribution in [0.15, 0.2) is 5.38 Å². The molecule has 0 bridgehead atoms. The standard InChI is InChI=1S/C12H22N2OS/c1-10(2)5-4-6-13-7-11-9-16-12(14-11)8-15-3/h9-10,13H,4-8H2,1-3H3. The lowest BCUT2D eigenvalue weighted by Crippen LogP contribution is -2.15. The predicted octanol–water partition coefficient (Wildman–Crippen LogP) is 2.82. The third-order valence-corrected chi connectivity index (χ3v) is 3.18. The highest BCUT2D eigenvalue weighted by Gasteiger charge is 2.01. The van der Waals surface area contributed by atoms with Gasteiger partial charge < -0.3 is 10.1 Å². The number of ether oxygens (including phenoxy) is 1. The molecule has 0 spiro atoms. The summed E-state index contributed by atoms with van der Waals surface area (Å²) in [7, 11) is 1.70. The average molecular weight is 242 g/mol. The minimum absolute atomic E-state index is 0.623. The first-order valence-corrected chi connectivity index (χ1v) is 6.73. The van der Waals surface area contributed by atoms with Crippen LogP contribution in [0.2, 0.25) is 0 Å². The number of nitrogens with zero attached hydrogens (tertiary/aromatic N) is 1. The Balaban J connectivity index is 2.12. The largest absolute Gasteiger partial charge is 0.378 e. The molecule has 0 amide bonds. The van der Waals surface area contributed by atoms with E-state index in [1.807, 2.05) is 0 Å². The van der Waals surface area contributed by atoms with Gasteiger partial charge in [0.2, 0.25) is 0 Å². The van der Waals surface area contributed by atoms with Gasteiger partial charge in [-0.1, -0.05) is 13.8 Å². The molecule has 0 fully saturated rings. The lowest BCUT2D eigenvalue weighted by Gasteiger charge is -2.04. The molecule has 1 heterocycles. The molecule has 16 heavy (non-hydrogen) atoms. The van der Waals surface area contributed by atoms with E-state index in [-0.39, 0.29) is 0 Å². The molecule has 0 aliphatic carbocycles. The van der Waals surface area contributed by atoms with Crippen LogP contribution in [0.3, 0.4) is 0 Å². The molecule has 1 N–H and O–H groups in total. The minimum Gasteiger partial charge on any atom is -0.378 e. The van der Waals surface area contributed by atoms with Crippen molar-refractivity contribution in [3.63, 3.8) is 0 Å². The first kappa shape index (κ1) is 13.6. The number of thiazole rings is 1. The second-order valence-corrected chi connectivity index (χ2v) is 5.32. The summed E-state index contributed by atoms with van der Waals surface area (Å²) in [6.45, 7) is 7.10. The summed E-state index contributed by atoms with van der Waals surface area (Å²) in [6.07, 6.45) is 2.53. The van der Waals surface area contributed by atoms with Crippen molar-refractivity contribution in [2.24, 2.45) is 5.92 Å². The summed E-state index contributed by atoms with van der Waals surface area (Å²) in [6, 6.07) is 0. The zero-order chi connectivity index (χ0) is 11.8. The molecule has 4 heteroatoms. The Morgan fingerprint density at radius 1 is 1.50 bits per heavy atom. The SMILES string of the molecule is COCc1nc(CNCCCC(C)C)cs1. The van der Waals surface area contributed by atoms with E-state index in [9.17, 15) is 0 Å². The molecule has 1 aromatic rings. The van der Waals surface area contributed by atoms with Gasteiger partial charge in [0, 0.05) is 19.0 Å². The molecule has 0 saturated heterocycles. The first-order valence-electron chi connectivity index (χ1n) is 5.85. The van der Waals surface area contributed by atoms with E-state index in [2.05, 4.69) is 29.5 Å². The monoisotopic (exact) mass is 242 g/mol. The molecule has 0 aromatic carbocycles. The van der Waals surface area contributed by atoms with Crippen LogP contribution in [0.25, 0.3) is 0 Å². The highest BCUT2D eigenvalue weighted by Crippen LogP contribution is 2.10. The first-order chi connectivity index (χ1) is 7.72. The van der Waals surface area contributed by atoms with Gasteiger partial charge in [-0.2, -0.15) is 0 Å². The topological polar surface area (TPSA) is 34.1 Å².